The van der Waals surface area contributed by atoms with E-state index in [1.807, 2.05) is 0 Å². The average Bonchev–Trinajstić information content (AvgIpc) is 3.01. The Morgan fingerprint density at radius 3 is 2.58 bits per heavy atom. The van der Waals surface area contributed by atoms with Crippen molar-refractivity contribution in [2.24, 2.45) is 10.2 Å². The number of amidine groups is 1. The summed E-state index contributed by atoms with van der Waals surface area (Å²) < 4.78 is 52.0. The van der Waals surface area contributed by atoms with Crippen molar-refractivity contribution in [3.8, 4) is 0 Å². The minimum absolute atomic E-state index is 0.126. The van der Waals surface area contributed by atoms with Gasteiger partial charge < -0.3 is 0 Å². The molecule has 1 fully saturated rings. The number of thioether (sulfide) groups is 1. The van der Waals surface area contributed by atoms with Gasteiger partial charge in [-0.15, -0.1) is 11.7 Å². The molecule has 9 heteroatoms. The molecule has 1 saturated heterocycles. The van der Waals surface area contributed by atoms with Gasteiger partial charge in [0.15, 0.2) is 5.17 Å². The molecule has 1 atom stereocenters. The van der Waals surface area contributed by atoms with Crippen LogP contribution >= 0.6 is 11.8 Å². The average molecular weight is 449 g/mol. The number of rotatable bonds is 6. The van der Waals surface area contributed by atoms with Gasteiger partial charge in [-0.2, -0.15) is 18.3 Å². The number of amides is 1. The second kappa shape index (κ2) is 9.47. The molecule has 0 aliphatic carbocycles. The molecule has 162 valence electrons. The van der Waals surface area contributed by atoms with E-state index in [1.165, 1.54) is 29.2 Å². The van der Waals surface area contributed by atoms with Crippen LogP contribution < -0.4 is 0 Å². The molecule has 31 heavy (non-hydrogen) atoms. The summed E-state index contributed by atoms with van der Waals surface area (Å²) in [5.41, 5.74) is 0.861. The third-order valence-electron chi connectivity index (χ3n) is 4.55. The van der Waals surface area contributed by atoms with E-state index >= 15 is 0 Å². The van der Waals surface area contributed by atoms with E-state index < -0.39 is 17.0 Å². The van der Waals surface area contributed by atoms with Gasteiger partial charge in [-0.25, -0.2) is 4.39 Å². The van der Waals surface area contributed by atoms with Crippen molar-refractivity contribution in [1.29, 1.82) is 0 Å². The predicted molar refractivity (Wildman–Crippen MR) is 114 cm³/mol. The summed E-state index contributed by atoms with van der Waals surface area (Å²) in [6, 6.07) is 10.7. The zero-order valence-electron chi connectivity index (χ0n) is 16.6. The largest absolute Gasteiger partial charge is 0.416 e. The van der Waals surface area contributed by atoms with Gasteiger partial charge in [0, 0.05) is 6.54 Å². The van der Waals surface area contributed by atoms with E-state index in [1.54, 1.807) is 25.1 Å². The van der Waals surface area contributed by atoms with Gasteiger partial charge in [0.05, 0.1) is 16.5 Å². The predicted octanol–water partition coefficient (Wildman–Crippen LogP) is 5.30. The van der Waals surface area contributed by atoms with Crippen LogP contribution in [0.15, 0.2) is 71.4 Å². The van der Waals surface area contributed by atoms with Gasteiger partial charge in [-0.3, -0.25) is 9.69 Å². The maximum absolute atomic E-state index is 13.1. The molecule has 2 aromatic carbocycles. The van der Waals surface area contributed by atoms with Crippen molar-refractivity contribution in [3.05, 3.63) is 83.7 Å². The molecule has 0 spiro atoms. The lowest BCUT2D eigenvalue weighted by Gasteiger charge is -2.13. The fraction of sp³-hybridized carbons (Fsp3) is 0.227. The fourth-order valence-corrected chi connectivity index (χ4v) is 4.11. The molecule has 0 bridgehead atoms. The molecule has 1 aliphatic rings. The SMILES string of the molecule is C=CCN1C(=O)[C@@H](Cc2cccc(C(F)(F)F)c2)S/C1=N\N=C(/C)c1ccc(F)cc1. The van der Waals surface area contributed by atoms with Crippen LogP contribution in [-0.2, 0) is 17.4 Å². The van der Waals surface area contributed by atoms with Crippen LogP contribution in [0.4, 0.5) is 17.6 Å². The summed E-state index contributed by atoms with van der Waals surface area (Å²) in [5.74, 6) is -0.634. The van der Waals surface area contributed by atoms with Crippen LogP contribution in [-0.4, -0.2) is 33.5 Å². The summed E-state index contributed by atoms with van der Waals surface area (Å²) in [4.78, 5) is 14.2. The summed E-state index contributed by atoms with van der Waals surface area (Å²) in [6.07, 6.45) is -2.78. The van der Waals surface area contributed by atoms with Crippen LogP contribution in [0.5, 0.6) is 0 Å². The molecule has 0 saturated carbocycles. The summed E-state index contributed by atoms with van der Waals surface area (Å²) in [5, 5.41) is 8.03. The minimum atomic E-state index is -4.45. The second-order valence-electron chi connectivity index (χ2n) is 6.82. The normalized spacial score (nSPS) is 18.7. The highest BCUT2D eigenvalue weighted by molar-refractivity contribution is 8.15. The standard InChI is InChI=1S/C22H19F4N3OS/c1-3-11-29-20(30)19(13-15-5-4-6-17(12-15)22(24,25)26)31-21(29)28-27-14(2)16-7-9-18(23)10-8-16/h3-10,12,19H,1,11,13H2,2H3/b27-14+,28-21-/t19-/m1/s1. The monoisotopic (exact) mass is 449 g/mol. The molecule has 0 N–H and O–H groups in total. The molecule has 1 heterocycles. The maximum atomic E-state index is 13.1. The third-order valence-corrected chi connectivity index (χ3v) is 5.72. The van der Waals surface area contributed by atoms with E-state index in [0.29, 0.717) is 22.0 Å². The van der Waals surface area contributed by atoms with Gasteiger partial charge >= 0.3 is 6.18 Å². The number of alkyl halides is 3. The highest BCUT2D eigenvalue weighted by Crippen LogP contribution is 2.33. The first-order valence-electron chi connectivity index (χ1n) is 9.32. The van der Waals surface area contributed by atoms with Crippen LogP contribution in [0, 0.1) is 5.82 Å². The molecule has 0 aromatic heterocycles. The van der Waals surface area contributed by atoms with Crippen molar-refractivity contribution < 1.29 is 22.4 Å². The summed E-state index contributed by atoms with van der Waals surface area (Å²) in [7, 11) is 0. The van der Waals surface area contributed by atoms with Crippen molar-refractivity contribution in [1.82, 2.24) is 4.90 Å². The molecule has 2 aromatic rings. The number of hydrogen-bond acceptors (Lipinski definition) is 4. The second-order valence-corrected chi connectivity index (χ2v) is 7.99. The first-order chi connectivity index (χ1) is 14.7. The first-order valence-corrected chi connectivity index (χ1v) is 10.2. The molecule has 0 radical (unpaired) electrons. The minimum Gasteiger partial charge on any atom is -0.285 e. The zero-order valence-corrected chi connectivity index (χ0v) is 17.4. The Morgan fingerprint density at radius 1 is 1.23 bits per heavy atom. The van der Waals surface area contributed by atoms with Gasteiger partial charge in [0.1, 0.15) is 5.82 Å². The highest BCUT2D eigenvalue weighted by Gasteiger charge is 2.38. The Hall–Kier alpha value is -2.94. The third kappa shape index (κ3) is 5.61. The van der Waals surface area contributed by atoms with E-state index in [-0.39, 0.29) is 24.7 Å². The number of hydrogen-bond donors (Lipinski definition) is 0. The maximum Gasteiger partial charge on any atom is 0.416 e. The zero-order chi connectivity index (χ0) is 22.6. The van der Waals surface area contributed by atoms with Crippen molar-refractivity contribution in [3.63, 3.8) is 0 Å². The summed E-state index contributed by atoms with van der Waals surface area (Å²) >= 11 is 1.14. The number of benzene rings is 2. The Balaban J connectivity index is 1.82. The van der Waals surface area contributed by atoms with Gasteiger partial charge in [-0.1, -0.05) is 48.2 Å². The Bertz CT molecular complexity index is 1030. The number of nitrogens with zero attached hydrogens (tertiary/aromatic N) is 3. The van der Waals surface area contributed by atoms with Crippen molar-refractivity contribution in [2.45, 2.75) is 24.8 Å². The van der Waals surface area contributed by atoms with Gasteiger partial charge in [0.25, 0.3) is 0 Å². The molecular weight excluding hydrogens is 430 g/mol. The molecule has 1 amide bonds. The Morgan fingerprint density at radius 2 is 1.94 bits per heavy atom. The number of halogens is 4. The van der Waals surface area contributed by atoms with E-state index in [4.69, 9.17) is 0 Å². The van der Waals surface area contributed by atoms with Gasteiger partial charge in [0.2, 0.25) is 5.91 Å². The molecule has 1 aliphatic heterocycles. The quantitative estimate of drug-likeness (QED) is 0.260. The van der Waals surface area contributed by atoms with Crippen LogP contribution in [0.1, 0.15) is 23.6 Å². The molecule has 0 unspecified atom stereocenters. The lowest BCUT2D eigenvalue weighted by Crippen LogP contribution is -2.32. The van der Waals surface area contributed by atoms with Crippen LogP contribution in [0.3, 0.4) is 0 Å². The highest BCUT2D eigenvalue weighted by atomic mass is 32.2. The van der Waals surface area contributed by atoms with E-state index in [0.717, 1.165) is 23.9 Å². The van der Waals surface area contributed by atoms with Crippen molar-refractivity contribution >= 4 is 28.5 Å². The Kier molecular flexibility index (Phi) is 6.94. The lowest BCUT2D eigenvalue weighted by molar-refractivity contribution is -0.137. The van der Waals surface area contributed by atoms with Crippen molar-refractivity contribution in [2.75, 3.05) is 6.54 Å². The topological polar surface area (TPSA) is 45.0 Å². The van der Waals surface area contributed by atoms with E-state index in [2.05, 4.69) is 16.8 Å². The lowest BCUT2D eigenvalue weighted by atomic mass is 10.1. The number of carbonyl (C=O) groups is 1. The first kappa shape index (κ1) is 22.7. The summed E-state index contributed by atoms with van der Waals surface area (Å²) in [6.45, 7) is 5.55. The molecule has 3 rings (SSSR count). The van der Waals surface area contributed by atoms with Gasteiger partial charge in [-0.05, 0) is 42.7 Å². The fourth-order valence-electron chi connectivity index (χ4n) is 2.97. The van der Waals surface area contributed by atoms with Crippen LogP contribution in [0.25, 0.3) is 0 Å². The smallest absolute Gasteiger partial charge is 0.285 e. The number of carbonyl (C=O) groups excluding carboxylic acids is 1. The van der Waals surface area contributed by atoms with E-state index in [9.17, 15) is 22.4 Å². The molecular formula is C22H19F4N3OS. The Labute approximate surface area is 181 Å². The molecule has 4 nitrogen and oxygen atoms in total. The van der Waals surface area contributed by atoms with Crippen LogP contribution in [0.2, 0.25) is 0 Å².